The SMILES string of the molecule is CO[Si](C)(C[C@H]1Cc2c(Br)cccc2C=N1)C(C)(C)C. The first kappa shape index (κ1) is 15.9. The van der Waals surface area contributed by atoms with Gasteiger partial charge >= 0.3 is 0 Å². The molecule has 0 bridgehead atoms. The average molecular weight is 354 g/mol. The Morgan fingerprint density at radius 2 is 2.10 bits per heavy atom. The first-order valence-corrected chi connectivity index (χ1v) is 10.5. The lowest BCUT2D eigenvalue weighted by Crippen LogP contribution is -2.46. The second-order valence-electron chi connectivity index (χ2n) is 6.83. The minimum Gasteiger partial charge on any atom is -0.420 e. The number of rotatable bonds is 3. The van der Waals surface area contributed by atoms with Crippen molar-refractivity contribution in [1.29, 1.82) is 0 Å². The van der Waals surface area contributed by atoms with Crippen LogP contribution in [0.3, 0.4) is 0 Å². The monoisotopic (exact) mass is 353 g/mol. The third kappa shape index (κ3) is 3.07. The minimum absolute atomic E-state index is 0.228. The molecule has 1 heterocycles. The van der Waals surface area contributed by atoms with E-state index in [1.54, 1.807) is 0 Å². The predicted molar refractivity (Wildman–Crippen MR) is 92.4 cm³/mol. The highest BCUT2D eigenvalue weighted by Gasteiger charge is 2.43. The number of benzene rings is 1. The summed E-state index contributed by atoms with van der Waals surface area (Å²) in [6.07, 6.45) is 3.04. The van der Waals surface area contributed by atoms with Gasteiger partial charge in [0.05, 0.1) is 6.04 Å². The predicted octanol–water partition coefficient (Wildman–Crippen LogP) is 4.81. The molecule has 2 atom stereocenters. The molecule has 0 amide bonds. The van der Waals surface area contributed by atoms with Crippen molar-refractivity contribution < 1.29 is 4.43 Å². The number of nitrogens with zero attached hydrogens (tertiary/aromatic N) is 1. The molecule has 2 rings (SSSR count). The lowest BCUT2D eigenvalue weighted by molar-refractivity contribution is 0.360. The van der Waals surface area contributed by atoms with Crippen molar-refractivity contribution in [3.05, 3.63) is 33.8 Å². The van der Waals surface area contributed by atoms with Gasteiger partial charge in [0.2, 0.25) is 0 Å². The molecule has 0 spiro atoms. The molecule has 1 aromatic rings. The summed E-state index contributed by atoms with van der Waals surface area (Å²) < 4.78 is 7.17. The Kier molecular flexibility index (Phi) is 4.57. The summed E-state index contributed by atoms with van der Waals surface area (Å²) in [5.74, 6) is 0. The standard InChI is InChI=1S/C16H24BrNOSi/c1-16(2,3)20(5,19-4)11-13-9-14-12(10-18-13)7-6-8-15(14)17/h6-8,10,13H,9,11H2,1-5H3/t13-,20?/m1/s1. The van der Waals surface area contributed by atoms with Crippen molar-refractivity contribution in [3.63, 3.8) is 0 Å². The minimum atomic E-state index is -1.78. The number of aliphatic imine (C=N–C) groups is 1. The maximum Gasteiger partial charge on any atom is 0.196 e. The summed E-state index contributed by atoms with van der Waals surface area (Å²) in [5.41, 5.74) is 2.63. The molecule has 20 heavy (non-hydrogen) atoms. The van der Waals surface area contributed by atoms with E-state index in [4.69, 9.17) is 9.42 Å². The molecule has 0 saturated carbocycles. The summed E-state index contributed by atoms with van der Waals surface area (Å²) in [6.45, 7) is 9.20. The van der Waals surface area contributed by atoms with Crippen molar-refractivity contribution >= 4 is 30.5 Å². The summed E-state index contributed by atoms with van der Waals surface area (Å²) in [4.78, 5) is 4.77. The van der Waals surface area contributed by atoms with Gasteiger partial charge in [-0.15, -0.1) is 0 Å². The number of hydrogen-bond acceptors (Lipinski definition) is 2. The molecule has 2 nitrogen and oxygen atoms in total. The second-order valence-corrected chi connectivity index (χ2v) is 12.5. The van der Waals surface area contributed by atoms with Crippen molar-refractivity contribution in [2.45, 2.75) is 50.9 Å². The van der Waals surface area contributed by atoms with Crippen LogP contribution in [0.2, 0.25) is 17.6 Å². The smallest absolute Gasteiger partial charge is 0.196 e. The van der Waals surface area contributed by atoms with Crippen LogP contribution in [0.25, 0.3) is 0 Å². The molecule has 0 fully saturated rings. The van der Waals surface area contributed by atoms with E-state index < -0.39 is 8.32 Å². The van der Waals surface area contributed by atoms with Gasteiger partial charge in [-0.05, 0) is 41.2 Å². The molecular formula is C16H24BrNOSi. The van der Waals surface area contributed by atoms with E-state index in [0.29, 0.717) is 6.04 Å². The zero-order valence-corrected chi connectivity index (χ0v) is 15.6. The Hall–Kier alpha value is -0.453. The summed E-state index contributed by atoms with van der Waals surface area (Å²) >= 11 is 3.66. The zero-order chi connectivity index (χ0) is 15.0. The van der Waals surface area contributed by atoms with E-state index >= 15 is 0 Å². The van der Waals surface area contributed by atoms with Gasteiger partial charge in [0.1, 0.15) is 0 Å². The maximum absolute atomic E-state index is 5.98. The molecule has 0 aliphatic carbocycles. The molecular weight excluding hydrogens is 330 g/mol. The lowest BCUT2D eigenvalue weighted by Gasteiger charge is -2.40. The van der Waals surface area contributed by atoms with Crippen LogP contribution in [-0.2, 0) is 10.8 Å². The van der Waals surface area contributed by atoms with E-state index in [9.17, 15) is 0 Å². The second kappa shape index (κ2) is 5.74. The van der Waals surface area contributed by atoms with Crippen molar-refractivity contribution in [3.8, 4) is 0 Å². The number of hydrogen-bond donors (Lipinski definition) is 0. The number of halogens is 1. The Bertz CT molecular complexity index is 524. The lowest BCUT2D eigenvalue weighted by atomic mass is 9.99. The van der Waals surface area contributed by atoms with Gasteiger partial charge in [-0.25, -0.2) is 0 Å². The fraction of sp³-hybridized carbons (Fsp3) is 0.562. The van der Waals surface area contributed by atoms with Crippen molar-refractivity contribution in [2.75, 3.05) is 7.11 Å². The molecule has 1 aromatic carbocycles. The van der Waals surface area contributed by atoms with Gasteiger partial charge in [0.25, 0.3) is 0 Å². The van der Waals surface area contributed by atoms with Crippen LogP contribution in [0.4, 0.5) is 0 Å². The molecule has 0 aromatic heterocycles. The highest BCUT2D eigenvalue weighted by atomic mass is 79.9. The first-order chi connectivity index (χ1) is 9.27. The highest BCUT2D eigenvalue weighted by molar-refractivity contribution is 9.10. The number of fused-ring (bicyclic) bond motifs is 1. The van der Waals surface area contributed by atoms with E-state index in [-0.39, 0.29) is 5.04 Å². The summed E-state index contributed by atoms with van der Waals surface area (Å²) in [5, 5.41) is 0.228. The van der Waals surface area contributed by atoms with Crippen LogP contribution in [0.15, 0.2) is 27.7 Å². The van der Waals surface area contributed by atoms with Crippen LogP contribution >= 0.6 is 15.9 Å². The highest BCUT2D eigenvalue weighted by Crippen LogP contribution is 2.41. The molecule has 110 valence electrons. The van der Waals surface area contributed by atoms with Gasteiger partial charge < -0.3 is 4.43 Å². The Morgan fingerprint density at radius 1 is 1.40 bits per heavy atom. The van der Waals surface area contributed by atoms with Crippen LogP contribution in [-0.4, -0.2) is 27.7 Å². The fourth-order valence-corrected chi connectivity index (χ4v) is 5.74. The Morgan fingerprint density at radius 3 is 2.70 bits per heavy atom. The van der Waals surface area contributed by atoms with Crippen molar-refractivity contribution in [2.24, 2.45) is 4.99 Å². The van der Waals surface area contributed by atoms with Crippen molar-refractivity contribution in [1.82, 2.24) is 0 Å². The summed E-state index contributed by atoms with van der Waals surface area (Å²) in [7, 11) is 0.0889. The zero-order valence-electron chi connectivity index (χ0n) is 13.0. The molecule has 0 N–H and O–H groups in total. The molecule has 1 unspecified atom stereocenters. The van der Waals surface area contributed by atoms with Crippen LogP contribution < -0.4 is 0 Å². The van der Waals surface area contributed by atoms with Gasteiger partial charge in [-0.2, -0.15) is 0 Å². The normalized spacial score (nSPS) is 21.4. The molecule has 0 radical (unpaired) electrons. The van der Waals surface area contributed by atoms with Gasteiger partial charge in [-0.3, -0.25) is 4.99 Å². The molecule has 1 aliphatic rings. The fourth-order valence-electron chi connectivity index (χ4n) is 2.66. The molecule has 0 saturated heterocycles. The molecule has 4 heteroatoms. The van der Waals surface area contributed by atoms with E-state index in [0.717, 1.165) is 12.5 Å². The van der Waals surface area contributed by atoms with Gasteiger partial charge in [0, 0.05) is 17.8 Å². The Labute approximate surface area is 131 Å². The maximum atomic E-state index is 5.98. The van der Waals surface area contributed by atoms with Gasteiger partial charge in [0.15, 0.2) is 8.32 Å². The third-order valence-electron chi connectivity index (χ3n) is 4.68. The summed E-state index contributed by atoms with van der Waals surface area (Å²) in [6, 6.07) is 7.74. The van der Waals surface area contributed by atoms with Gasteiger partial charge in [-0.1, -0.05) is 48.8 Å². The first-order valence-electron chi connectivity index (χ1n) is 7.12. The van der Waals surface area contributed by atoms with E-state index in [1.165, 1.54) is 15.6 Å². The largest absolute Gasteiger partial charge is 0.420 e. The van der Waals surface area contributed by atoms with E-state index in [1.807, 2.05) is 13.3 Å². The average Bonchev–Trinajstić information content (AvgIpc) is 2.38. The van der Waals surface area contributed by atoms with Crippen LogP contribution in [0.5, 0.6) is 0 Å². The third-order valence-corrected chi connectivity index (χ3v) is 10.7. The van der Waals surface area contributed by atoms with Crippen LogP contribution in [0.1, 0.15) is 31.9 Å². The molecule has 1 aliphatic heterocycles. The Balaban J connectivity index is 2.20. The quantitative estimate of drug-likeness (QED) is 0.714. The van der Waals surface area contributed by atoms with Crippen LogP contribution in [0, 0.1) is 0 Å². The van der Waals surface area contributed by atoms with E-state index in [2.05, 4.69) is 61.4 Å². The topological polar surface area (TPSA) is 21.6 Å².